The van der Waals surface area contributed by atoms with Crippen molar-refractivity contribution in [3.05, 3.63) is 63.6 Å². The summed E-state index contributed by atoms with van der Waals surface area (Å²) >= 11 is 0. The van der Waals surface area contributed by atoms with Gasteiger partial charge in [0, 0.05) is 103 Å². The molecule has 8 rings (SSSR count). The SMILES string of the molecule is Cc1cc(C[C@@H](OC(=O)N2CCC(N3CCc4ccccc4NC3=O)CC2)C(=O)N2CCN(C3CCN(CC(=O)OCCCN4CCCC4=O)CC3)CC2)cc2oc(=O)[nH]c12. The van der Waals surface area contributed by atoms with Gasteiger partial charge < -0.3 is 38.8 Å². The number of urea groups is 1. The number of fused-ring (bicyclic) bond motifs is 2. The van der Waals surface area contributed by atoms with Crippen LogP contribution in [0, 0.1) is 6.92 Å². The molecule has 5 amide bonds. The second-order valence-electron chi connectivity index (χ2n) is 17.1. The Morgan fingerprint density at radius 2 is 1.61 bits per heavy atom. The largest absolute Gasteiger partial charge is 0.465 e. The summed E-state index contributed by atoms with van der Waals surface area (Å²) in [4.78, 5) is 92.0. The molecule has 1 aromatic heterocycles. The zero-order valence-electron chi connectivity index (χ0n) is 35.1. The summed E-state index contributed by atoms with van der Waals surface area (Å²) in [6.45, 7) is 9.11. The minimum absolute atomic E-state index is 0.0317. The Kier molecular flexibility index (Phi) is 13.2. The minimum atomic E-state index is -1.10. The number of esters is 1. The summed E-state index contributed by atoms with van der Waals surface area (Å²) in [5.74, 6) is -0.888. The molecule has 1 atom stereocenters. The lowest BCUT2D eigenvalue weighted by atomic mass is 10.0. The predicted octanol–water partition coefficient (Wildman–Crippen LogP) is 3.20. The Bertz CT molecular complexity index is 2130. The number of carbonyl (C=O) groups is 5. The number of piperidine rings is 2. The molecule has 2 N–H and O–H groups in total. The fourth-order valence-corrected chi connectivity index (χ4v) is 9.66. The molecule has 0 radical (unpaired) electrons. The number of para-hydroxylation sites is 1. The van der Waals surface area contributed by atoms with E-state index in [1.807, 2.05) is 47.1 Å². The van der Waals surface area contributed by atoms with Gasteiger partial charge in [0.25, 0.3) is 5.91 Å². The summed E-state index contributed by atoms with van der Waals surface area (Å²) < 4.78 is 16.9. The van der Waals surface area contributed by atoms with Gasteiger partial charge >= 0.3 is 23.8 Å². The summed E-state index contributed by atoms with van der Waals surface area (Å²) in [6, 6.07) is 11.6. The van der Waals surface area contributed by atoms with Gasteiger partial charge in [-0.25, -0.2) is 14.4 Å². The van der Waals surface area contributed by atoms with Crippen molar-refractivity contribution in [1.29, 1.82) is 0 Å². The number of anilines is 1. The number of ether oxygens (including phenoxy) is 2. The number of amides is 5. The average molecular weight is 843 g/mol. The van der Waals surface area contributed by atoms with E-state index in [0.717, 1.165) is 62.1 Å². The van der Waals surface area contributed by atoms with Crippen LogP contribution in [0.2, 0.25) is 0 Å². The fourth-order valence-electron chi connectivity index (χ4n) is 9.66. The zero-order valence-corrected chi connectivity index (χ0v) is 35.1. The minimum Gasteiger partial charge on any atom is -0.465 e. The van der Waals surface area contributed by atoms with Crippen LogP contribution in [0.3, 0.4) is 0 Å². The molecule has 5 aliphatic heterocycles. The second kappa shape index (κ2) is 19.1. The van der Waals surface area contributed by atoms with Crippen molar-refractivity contribution in [3.8, 4) is 0 Å². The Labute approximate surface area is 355 Å². The van der Waals surface area contributed by atoms with Gasteiger partial charge in [-0.3, -0.25) is 29.2 Å². The molecule has 328 valence electrons. The van der Waals surface area contributed by atoms with Gasteiger partial charge in [0.05, 0.1) is 18.7 Å². The van der Waals surface area contributed by atoms with E-state index in [0.29, 0.717) is 107 Å². The van der Waals surface area contributed by atoms with Gasteiger partial charge in [-0.05, 0) is 80.7 Å². The van der Waals surface area contributed by atoms with Crippen molar-refractivity contribution < 1.29 is 37.9 Å². The van der Waals surface area contributed by atoms with E-state index in [1.54, 1.807) is 15.9 Å². The van der Waals surface area contributed by atoms with Crippen molar-refractivity contribution in [3.63, 3.8) is 0 Å². The van der Waals surface area contributed by atoms with Gasteiger partial charge in [-0.15, -0.1) is 0 Å². The molecule has 5 aliphatic rings. The molecule has 3 aromatic rings. The summed E-state index contributed by atoms with van der Waals surface area (Å²) in [6.07, 6.45) is 4.35. The standard InChI is InChI=1S/C44H58N8O9/c1-30-26-31(27-36-40(30)46-43(57)60-36)28-37(61-44(58)51-18-12-34(13-19-51)52-20-9-32-6-2-3-7-35(32)45-42(52)56)41(55)50-23-21-48(22-24-50)33-10-16-47(17-11-33)29-39(54)59-25-5-15-49-14-4-8-38(49)53/h2-3,6-7,26-27,33-34,37H,4-5,8-25,28-29H2,1H3,(H,45,56)(H,46,57)/t37-/m1/s1. The van der Waals surface area contributed by atoms with Crippen LogP contribution in [-0.2, 0) is 36.7 Å². The van der Waals surface area contributed by atoms with E-state index in [1.165, 1.54) is 0 Å². The number of oxazole rings is 1. The number of aromatic nitrogens is 1. The van der Waals surface area contributed by atoms with Crippen LogP contribution in [0.5, 0.6) is 0 Å². The molecule has 61 heavy (non-hydrogen) atoms. The number of likely N-dealkylation sites (tertiary alicyclic amines) is 3. The van der Waals surface area contributed by atoms with E-state index in [9.17, 15) is 28.8 Å². The summed E-state index contributed by atoms with van der Waals surface area (Å²) in [7, 11) is 0. The summed E-state index contributed by atoms with van der Waals surface area (Å²) in [5, 5.41) is 3.04. The third-order valence-corrected chi connectivity index (χ3v) is 13.1. The number of nitrogens with one attached hydrogen (secondary N) is 2. The summed E-state index contributed by atoms with van der Waals surface area (Å²) in [5.41, 5.74) is 4.38. The first-order valence-electron chi connectivity index (χ1n) is 22.0. The maximum Gasteiger partial charge on any atom is 0.417 e. The van der Waals surface area contributed by atoms with Crippen LogP contribution in [-0.4, -0.2) is 168 Å². The first-order chi connectivity index (χ1) is 29.6. The van der Waals surface area contributed by atoms with Crippen LogP contribution in [0.1, 0.15) is 61.6 Å². The van der Waals surface area contributed by atoms with Gasteiger partial charge in [0.15, 0.2) is 11.7 Å². The Hall–Kier alpha value is -5.42. The number of aryl methyl sites for hydroxylation is 1. The van der Waals surface area contributed by atoms with Crippen LogP contribution in [0.25, 0.3) is 11.1 Å². The Balaban J connectivity index is 0.831. The molecule has 4 saturated heterocycles. The maximum atomic E-state index is 14.3. The molecule has 0 aliphatic carbocycles. The van der Waals surface area contributed by atoms with Crippen LogP contribution in [0.4, 0.5) is 15.3 Å². The average Bonchev–Trinajstić information content (AvgIpc) is 3.81. The van der Waals surface area contributed by atoms with Crippen LogP contribution >= 0.6 is 0 Å². The highest BCUT2D eigenvalue weighted by Gasteiger charge is 2.37. The first kappa shape index (κ1) is 42.3. The normalized spacial score (nSPS) is 20.4. The second-order valence-corrected chi connectivity index (χ2v) is 17.1. The van der Waals surface area contributed by atoms with Crippen molar-refractivity contribution in [2.45, 2.75) is 82.9 Å². The van der Waals surface area contributed by atoms with E-state index >= 15 is 0 Å². The molecule has 2 aromatic carbocycles. The molecule has 6 heterocycles. The molecule has 0 saturated carbocycles. The van der Waals surface area contributed by atoms with Gasteiger partial charge in [-0.1, -0.05) is 24.3 Å². The predicted molar refractivity (Wildman–Crippen MR) is 225 cm³/mol. The van der Waals surface area contributed by atoms with E-state index in [2.05, 4.69) is 20.1 Å². The molecular weight excluding hydrogens is 785 g/mol. The quantitative estimate of drug-likeness (QED) is 0.202. The third-order valence-electron chi connectivity index (χ3n) is 13.1. The highest BCUT2D eigenvalue weighted by Crippen LogP contribution is 2.27. The topological polar surface area (TPSA) is 181 Å². The molecule has 17 heteroatoms. The Morgan fingerprint density at radius 1 is 0.852 bits per heavy atom. The van der Waals surface area contributed by atoms with Crippen molar-refractivity contribution in [1.82, 2.24) is 34.4 Å². The maximum absolute atomic E-state index is 14.3. The molecule has 0 spiro atoms. The monoisotopic (exact) mass is 842 g/mol. The van der Waals surface area contributed by atoms with Crippen molar-refractivity contribution in [2.24, 2.45) is 0 Å². The van der Waals surface area contributed by atoms with Crippen LogP contribution < -0.4 is 11.1 Å². The number of benzene rings is 2. The molecule has 17 nitrogen and oxygen atoms in total. The lowest BCUT2D eigenvalue weighted by Gasteiger charge is -2.43. The zero-order chi connectivity index (χ0) is 42.5. The number of aromatic amines is 1. The van der Waals surface area contributed by atoms with Gasteiger partial charge in [-0.2, -0.15) is 0 Å². The van der Waals surface area contributed by atoms with E-state index in [-0.39, 0.29) is 42.8 Å². The fraction of sp³-hybridized carbons (Fsp3) is 0.591. The van der Waals surface area contributed by atoms with Crippen molar-refractivity contribution >= 4 is 46.7 Å². The van der Waals surface area contributed by atoms with E-state index in [4.69, 9.17) is 13.9 Å². The van der Waals surface area contributed by atoms with Gasteiger partial charge in [0.1, 0.15) is 0 Å². The number of H-pyrrole nitrogens is 1. The molecular formula is C44H58N8O9. The molecule has 0 bridgehead atoms. The third kappa shape index (κ3) is 10.2. The highest BCUT2D eigenvalue weighted by atomic mass is 16.6. The lowest BCUT2D eigenvalue weighted by Crippen LogP contribution is -2.57. The first-order valence-corrected chi connectivity index (χ1v) is 22.0. The van der Waals surface area contributed by atoms with E-state index < -0.39 is 18.0 Å². The number of hydrogen-bond donors (Lipinski definition) is 2. The number of carbonyl (C=O) groups excluding carboxylic acids is 5. The number of hydrogen-bond acceptors (Lipinski definition) is 11. The van der Waals surface area contributed by atoms with Crippen molar-refractivity contribution in [2.75, 3.05) is 90.5 Å². The lowest BCUT2D eigenvalue weighted by molar-refractivity contribution is -0.145. The number of piperazine rings is 1. The van der Waals surface area contributed by atoms with Gasteiger partial charge in [0.2, 0.25) is 5.91 Å². The molecule has 4 fully saturated rings. The molecule has 0 unspecified atom stereocenters. The highest BCUT2D eigenvalue weighted by molar-refractivity contribution is 5.91. The number of rotatable bonds is 12. The number of nitrogens with zero attached hydrogens (tertiary/aromatic N) is 6. The smallest absolute Gasteiger partial charge is 0.417 e. The van der Waals surface area contributed by atoms with Crippen LogP contribution in [0.15, 0.2) is 45.6 Å². The Morgan fingerprint density at radius 3 is 2.36 bits per heavy atom.